The van der Waals surface area contributed by atoms with Crippen molar-refractivity contribution in [2.75, 3.05) is 0 Å². The predicted molar refractivity (Wildman–Crippen MR) is 76.4 cm³/mol. The molecule has 0 atom stereocenters. The fourth-order valence-corrected chi connectivity index (χ4v) is 2.65. The van der Waals surface area contributed by atoms with Crippen LogP contribution in [0.4, 0.5) is 5.69 Å². The molecule has 2 aromatic heterocycles. The lowest BCUT2D eigenvalue weighted by Gasteiger charge is -1.96. The molecule has 0 unspecified atom stereocenters. The third-order valence-corrected chi connectivity index (χ3v) is 3.70. The van der Waals surface area contributed by atoms with E-state index < -0.39 is 4.92 Å². The molecule has 0 radical (unpaired) electrons. The minimum absolute atomic E-state index is 0.0680. The molecule has 0 saturated heterocycles. The first kappa shape index (κ1) is 12.5. The van der Waals surface area contributed by atoms with Crippen LogP contribution in [-0.2, 0) is 7.05 Å². The maximum atomic E-state index is 10.8. The van der Waals surface area contributed by atoms with E-state index in [-0.39, 0.29) is 5.69 Å². The third kappa shape index (κ3) is 2.30. The molecule has 0 fully saturated rings. The minimum atomic E-state index is -0.405. The summed E-state index contributed by atoms with van der Waals surface area (Å²) in [6.45, 7) is 0. The summed E-state index contributed by atoms with van der Waals surface area (Å²) >= 11 is 1.49. The van der Waals surface area contributed by atoms with E-state index in [2.05, 4.69) is 10.1 Å². The van der Waals surface area contributed by atoms with Gasteiger partial charge in [0.15, 0.2) is 0 Å². The van der Waals surface area contributed by atoms with Crippen molar-refractivity contribution in [3.05, 3.63) is 52.2 Å². The summed E-state index contributed by atoms with van der Waals surface area (Å²) < 4.78 is 1.71. The van der Waals surface area contributed by atoms with Gasteiger partial charge in [0.1, 0.15) is 5.01 Å². The van der Waals surface area contributed by atoms with Crippen LogP contribution in [0, 0.1) is 10.1 Å². The molecule has 0 bridgehead atoms. The van der Waals surface area contributed by atoms with Crippen molar-refractivity contribution in [2.24, 2.45) is 7.05 Å². The summed E-state index contributed by atoms with van der Waals surface area (Å²) in [6.07, 6.45) is 3.63. The number of nitro groups is 1. The number of aromatic nitrogens is 3. The Hall–Kier alpha value is -2.54. The molecule has 0 N–H and O–H groups in total. The van der Waals surface area contributed by atoms with E-state index in [9.17, 15) is 10.1 Å². The van der Waals surface area contributed by atoms with E-state index in [0.717, 1.165) is 21.8 Å². The molecule has 0 amide bonds. The number of hydrogen-bond acceptors (Lipinski definition) is 5. The number of benzene rings is 1. The standard InChI is InChI=1S/C13H10N4O2S/c1-16-7-10(6-14-16)13-15-12(8-20-13)9-3-2-4-11(5-9)17(18)19/h2-8H,1H3. The number of thiazole rings is 1. The lowest BCUT2D eigenvalue weighted by molar-refractivity contribution is -0.384. The Morgan fingerprint density at radius 2 is 2.20 bits per heavy atom. The fraction of sp³-hybridized carbons (Fsp3) is 0.0769. The normalized spacial score (nSPS) is 10.7. The average molecular weight is 286 g/mol. The molecule has 0 saturated carbocycles. The quantitative estimate of drug-likeness (QED) is 0.547. The molecular weight excluding hydrogens is 276 g/mol. The van der Waals surface area contributed by atoms with Gasteiger partial charge in [0.2, 0.25) is 0 Å². The zero-order valence-electron chi connectivity index (χ0n) is 10.6. The molecule has 3 aromatic rings. The maximum Gasteiger partial charge on any atom is 0.270 e. The highest BCUT2D eigenvalue weighted by molar-refractivity contribution is 7.13. The summed E-state index contributed by atoms with van der Waals surface area (Å²) in [5.74, 6) is 0. The number of nitro benzene ring substituents is 1. The monoisotopic (exact) mass is 286 g/mol. The van der Waals surface area contributed by atoms with E-state index >= 15 is 0 Å². The molecule has 0 aliphatic rings. The highest BCUT2D eigenvalue weighted by Gasteiger charge is 2.11. The number of aryl methyl sites for hydroxylation is 1. The Morgan fingerprint density at radius 1 is 1.35 bits per heavy atom. The molecule has 100 valence electrons. The van der Waals surface area contributed by atoms with Crippen molar-refractivity contribution >= 4 is 17.0 Å². The van der Waals surface area contributed by atoms with Crippen LogP contribution in [0.15, 0.2) is 42.0 Å². The Bertz CT molecular complexity index is 778. The number of non-ortho nitro benzene ring substituents is 1. The molecular formula is C13H10N4O2S. The van der Waals surface area contributed by atoms with E-state index in [0.29, 0.717) is 0 Å². The predicted octanol–water partition coefficient (Wildman–Crippen LogP) is 3.12. The van der Waals surface area contributed by atoms with Crippen LogP contribution in [0.3, 0.4) is 0 Å². The van der Waals surface area contributed by atoms with Crippen LogP contribution in [0.25, 0.3) is 21.8 Å². The molecule has 0 aliphatic heterocycles. The highest BCUT2D eigenvalue weighted by Crippen LogP contribution is 2.29. The van der Waals surface area contributed by atoms with Gasteiger partial charge in [-0.3, -0.25) is 14.8 Å². The molecule has 0 aliphatic carbocycles. The van der Waals surface area contributed by atoms with E-state index in [4.69, 9.17) is 0 Å². The van der Waals surface area contributed by atoms with Gasteiger partial charge in [-0.25, -0.2) is 4.98 Å². The van der Waals surface area contributed by atoms with E-state index in [1.807, 2.05) is 24.7 Å². The van der Waals surface area contributed by atoms with Crippen LogP contribution in [0.2, 0.25) is 0 Å². The topological polar surface area (TPSA) is 73.8 Å². The molecule has 7 heteroatoms. The second-order valence-electron chi connectivity index (χ2n) is 4.25. The van der Waals surface area contributed by atoms with Crippen molar-refractivity contribution in [1.29, 1.82) is 0 Å². The first-order chi connectivity index (χ1) is 9.63. The third-order valence-electron chi connectivity index (χ3n) is 2.81. The van der Waals surface area contributed by atoms with Gasteiger partial charge in [0, 0.05) is 41.9 Å². The van der Waals surface area contributed by atoms with Gasteiger partial charge >= 0.3 is 0 Å². The molecule has 1 aromatic carbocycles. The summed E-state index contributed by atoms with van der Waals surface area (Å²) in [5.41, 5.74) is 2.48. The van der Waals surface area contributed by atoms with Gasteiger partial charge in [-0.05, 0) is 0 Å². The van der Waals surface area contributed by atoms with E-state index in [1.54, 1.807) is 16.9 Å². The Balaban J connectivity index is 1.98. The highest BCUT2D eigenvalue weighted by atomic mass is 32.1. The first-order valence-electron chi connectivity index (χ1n) is 5.83. The van der Waals surface area contributed by atoms with Crippen molar-refractivity contribution in [1.82, 2.24) is 14.8 Å². The van der Waals surface area contributed by atoms with Crippen molar-refractivity contribution < 1.29 is 4.92 Å². The van der Waals surface area contributed by atoms with Crippen LogP contribution in [0.1, 0.15) is 0 Å². The summed E-state index contributed by atoms with van der Waals surface area (Å²) in [5, 5.41) is 17.6. The number of hydrogen-bond donors (Lipinski definition) is 0. The summed E-state index contributed by atoms with van der Waals surface area (Å²) in [4.78, 5) is 14.9. The summed E-state index contributed by atoms with van der Waals surface area (Å²) in [6, 6.07) is 6.48. The van der Waals surface area contributed by atoms with E-state index in [1.165, 1.54) is 23.5 Å². The van der Waals surface area contributed by atoms with Gasteiger partial charge in [0.25, 0.3) is 5.69 Å². The molecule has 6 nitrogen and oxygen atoms in total. The maximum absolute atomic E-state index is 10.8. The van der Waals surface area contributed by atoms with Crippen molar-refractivity contribution in [3.8, 4) is 21.8 Å². The molecule has 0 spiro atoms. The second kappa shape index (κ2) is 4.86. The van der Waals surface area contributed by atoms with Gasteiger partial charge < -0.3 is 0 Å². The van der Waals surface area contributed by atoms with Crippen LogP contribution in [0.5, 0.6) is 0 Å². The SMILES string of the molecule is Cn1cc(-c2nc(-c3cccc([N+](=O)[O-])c3)cs2)cn1. The van der Waals surface area contributed by atoms with Gasteiger partial charge in [-0.2, -0.15) is 5.10 Å². The first-order valence-corrected chi connectivity index (χ1v) is 6.71. The van der Waals surface area contributed by atoms with Gasteiger partial charge in [-0.15, -0.1) is 11.3 Å². The minimum Gasteiger partial charge on any atom is -0.275 e. The molecule has 3 rings (SSSR count). The molecule has 20 heavy (non-hydrogen) atoms. The van der Waals surface area contributed by atoms with Crippen molar-refractivity contribution in [3.63, 3.8) is 0 Å². The van der Waals surface area contributed by atoms with Crippen LogP contribution >= 0.6 is 11.3 Å². The zero-order valence-corrected chi connectivity index (χ0v) is 11.4. The second-order valence-corrected chi connectivity index (χ2v) is 5.11. The Labute approximate surface area is 118 Å². The van der Waals surface area contributed by atoms with Gasteiger partial charge in [-0.1, -0.05) is 12.1 Å². The van der Waals surface area contributed by atoms with Crippen LogP contribution < -0.4 is 0 Å². The molecule has 2 heterocycles. The largest absolute Gasteiger partial charge is 0.275 e. The van der Waals surface area contributed by atoms with Crippen molar-refractivity contribution in [2.45, 2.75) is 0 Å². The Kier molecular flexibility index (Phi) is 3.03. The Morgan fingerprint density at radius 3 is 2.90 bits per heavy atom. The number of nitrogens with zero attached hydrogens (tertiary/aromatic N) is 4. The lowest BCUT2D eigenvalue weighted by atomic mass is 10.1. The summed E-state index contributed by atoms with van der Waals surface area (Å²) in [7, 11) is 1.85. The average Bonchev–Trinajstić information content (AvgIpc) is 3.07. The van der Waals surface area contributed by atoms with Gasteiger partial charge in [0.05, 0.1) is 16.8 Å². The zero-order chi connectivity index (χ0) is 14.1. The fourth-order valence-electron chi connectivity index (χ4n) is 1.85. The number of rotatable bonds is 3. The smallest absolute Gasteiger partial charge is 0.270 e. The van der Waals surface area contributed by atoms with Crippen LogP contribution in [-0.4, -0.2) is 19.7 Å². The lowest BCUT2D eigenvalue weighted by Crippen LogP contribution is -1.88.